The molecule has 6 amide bonds. The van der Waals surface area contributed by atoms with Crippen molar-refractivity contribution in [3.8, 4) is 5.75 Å². The van der Waals surface area contributed by atoms with Gasteiger partial charge in [-0.05, 0) is 101 Å². The van der Waals surface area contributed by atoms with Crippen LogP contribution in [-0.4, -0.2) is 184 Å². The number of hydrogen-bond acceptors (Lipinski definition) is 16. The van der Waals surface area contributed by atoms with Crippen molar-refractivity contribution in [2.75, 3.05) is 27.7 Å². The van der Waals surface area contributed by atoms with Gasteiger partial charge in [0.15, 0.2) is 17.7 Å². The van der Waals surface area contributed by atoms with Gasteiger partial charge in [-0.2, -0.15) is 0 Å². The van der Waals surface area contributed by atoms with Crippen molar-refractivity contribution in [1.82, 2.24) is 36.0 Å². The maximum absolute atomic E-state index is 15.0. The number of aliphatic hydroxyl groups is 2. The number of rotatable bonds is 16. The number of likely N-dealkylation sites (N-methyl/N-ethyl adjacent to an activating group) is 2. The lowest BCUT2D eigenvalue weighted by Gasteiger charge is -2.36. The average molecular weight is 1110 g/mol. The van der Waals surface area contributed by atoms with Crippen molar-refractivity contribution in [1.29, 1.82) is 0 Å². The number of methoxy groups -OCH3 is 1. The second kappa shape index (κ2) is 29.5. The van der Waals surface area contributed by atoms with Gasteiger partial charge in [-0.15, -0.1) is 0 Å². The zero-order valence-corrected chi connectivity index (χ0v) is 48.7. The first kappa shape index (κ1) is 65.5. The van der Waals surface area contributed by atoms with Crippen LogP contribution in [0.3, 0.4) is 0 Å². The second-order valence-electron chi connectivity index (χ2n) is 23.0. The van der Waals surface area contributed by atoms with E-state index in [0.29, 0.717) is 24.2 Å². The molecule has 442 valence electrons. The smallest absolute Gasteiger partial charge is 0.329 e. The Morgan fingerprint density at radius 1 is 0.861 bits per heavy atom. The number of benzene rings is 1. The third-order valence-corrected chi connectivity index (χ3v) is 15.5. The van der Waals surface area contributed by atoms with Crippen LogP contribution in [0.4, 0.5) is 0 Å². The van der Waals surface area contributed by atoms with Gasteiger partial charge in [-0.3, -0.25) is 48.5 Å². The van der Waals surface area contributed by atoms with Crippen molar-refractivity contribution in [3.05, 3.63) is 29.8 Å². The number of nitrogens with zero attached hydrogens (tertiary/aromatic N) is 3. The molecule has 3 heterocycles. The lowest BCUT2D eigenvalue weighted by atomic mass is 9.91. The minimum absolute atomic E-state index is 0.0915. The van der Waals surface area contributed by atoms with Crippen LogP contribution >= 0.6 is 0 Å². The molecule has 3 fully saturated rings. The summed E-state index contributed by atoms with van der Waals surface area (Å²) in [6.07, 6.45) is -5.07. The summed E-state index contributed by atoms with van der Waals surface area (Å²) in [5, 5.41) is 33.0. The summed E-state index contributed by atoms with van der Waals surface area (Å²) in [6.45, 7) is 18.3. The first-order chi connectivity index (χ1) is 37.0. The van der Waals surface area contributed by atoms with E-state index in [1.54, 1.807) is 52.0 Å². The third-order valence-electron chi connectivity index (χ3n) is 15.5. The molecule has 1 aromatic rings. The molecule has 4 rings (SSSR count). The molecular formula is C57H89N7O15. The number of hydrogen-bond donors (Lipinski definition) is 6. The van der Waals surface area contributed by atoms with E-state index in [9.17, 15) is 58.2 Å². The van der Waals surface area contributed by atoms with Gasteiger partial charge < -0.3 is 55.1 Å². The Hall–Kier alpha value is -6.00. The number of carbonyl (C=O) groups is 10. The molecule has 3 saturated heterocycles. The van der Waals surface area contributed by atoms with E-state index < -0.39 is 156 Å². The van der Waals surface area contributed by atoms with E-state index in [4.69, 9.17) is 14.2 Å². The fourth-order valence-electron chi connectivity index (χ4n) is 10.5. The highest BCUT2D eigenvalue weighted by Gasteiger charge is 2.46. The first-order valence-electron chi connectivity index (χ1n) is 28.0. The average Bonchev–Trinajstić information content (AvgIpc) is 4.15. The van der Waals surface area contributed by atoms with Crippen LogP contribution < -0.4 is 26.0 Å². The predicted molar refractivity (Wildman–Crippen MR) is 290 cm³/mol. The fourth-order valence-corrected chi connectivity index (χ4v) is 10.5. The van der Waals surface area contributed by atoms with Crippen LogP contribution in [0.15, 0.2) is 24.3 Å². The molecule has 79 heavy (non-hydrogen) atoms. The summed E-state index contributed by atoms with van der Waals surface area (Å²) in [4.78, 5) is 147. The van der Waals surface area contributed by atoms with Crippen molar-refractivity contribution >= 4 is 58.9 Å². The Balaban J connectivity index is 1.87. The first-order valence-corrected chi connectivity index (χ1v) is 28.0. The molecule has 3 aliphatic rings. The number of ketones is 2. The van der Waals surface area contributed by atoms with Crippen LogP contribution in [0.1, 0.15) is 133 Å². The Labute approximate surface area is 465 Å². The molecule has 0 aromatic heterocycles. The molecule has 0 bridgehead atoms. The number of ether oxygens (including phenoxy) is 3. The number of fused-ring (bicyclic) bond motifs is 1. The maximum Gasteiger partial charge on any atom is 0.329 e. The molecule has 3 aliphatic heterocycles. The number of amides is 6. The van der Waals surface area contributed by atoms with Crippen molar-refractivity contribution < 1.29 is 72.4 Å². The number of esters is 2. The number of carbonyl (C=O) groups excluding carboxylic acids is 10. The Morgan fingerprint density at radius 2 is 1.49 bits per heavy atom. The molecule has 6 N–H and O–H groups in total. The molecule has 1 aromatic carbocycles. The molecule has 0 spiro atoms. The third kappa shape index (κ3) is 17.3. The van der Waals surface area contributed by atoms with Crippen LogP contribution in [0.2, 0.25) is 0 Å². The number of Topliss-reactive ketones (excluding diaryl/α,β-unsaturated/α-hetero) is 2. The molecule has 0 aliphatic carbocycles. The van der Waals surface area contributed by atoms with Gasteiger partial charge in [0.1, 0.15) is 48.2 Å². The molecule has 0 radical (unpaired) electrons. The summed E-state index contributed by atoms with van der Waals surface area (Å²) >= 11 is 0. The van der Waals surface area contributed by atoms with E-state index in [-0.39, 0.29) is 56.9 Å². The highest BCUT2D eigenvalue weighted by molar-refractivity contribution is 6.05. The van der Waals surface area contributed by atoms with E-state index in [0.717, 1.165) is 0 Å². The highest BCUT2D eigenvalue weighted by Crippen LogP contribution is 2.27. The molecule has 0 saturated carbocycles. The van der Waals surface area contributed by atoms with Gasteiger partial charge >= 0.3 is 11.9 Å². The lowest BCUT2D eigenvalue weighted by Crippen LogP contribution is -2.62. The predicted octanol–water partition coefficient (Wildman–Crippen LogP) is 2.02. The van der Waals surface area contributed by atoms with E-state index in [2.05, 4.69) is 21.3 Å². The monoisotopic (exact) mass is 1110 g/mol. The largest absolute Gasteiger partial charge is 0.497 e. The molecule has 22 heteroatoms. The van der Waals surface area contributed by atoms with Gasteiger partial charge in [-0.1, -0.05) is 73.9 Å². The van der Waals surface area contributed by atoms with Gasteiger partial charge in [0.2, 0.25) is 35.4 Å². The molecular weight excluding hydrogens is 1020 g/mol. The quantitative estimate of drug-likeness (QED) is 0.102. The summed E-state index contributed by atoms with van der Waals surface area (Å²) in [6, 6.07) is -2.81. The van der Waals surface area contributed by atoms with E-state index in [1.165, 1.54) is 56.7 Å². The van der Waals surface area contributed by atoms with Crippen molar-refractivity contribution in [2.24, 2.45) is 29.6 Å². The van der Waals surface area contributed by atoms with Gasteiger partial charge in [0.05, 0.1) is 43.7 Å². The lowest BCUT2D eigenvalue weighted by molar-refractivity contribution is -0.163. The molecule has 14 atom stereocenters. The Bertz CT molecular complexity index is 2330. The zero-order chi connectivity index (χ0) is 59.3. The van der Waals surface area contributed by atoms with Gasteiger partial charge in [0, 0.05) is 27.1 Å². The minimum atomic E-state index is -1.75. The second-order valence-corrected chi connectivity index (χ2v) is 23.0. The SMILES string of the molecule is CC[C@H](C)[C@H]1NC(=O)[C@@H](NC(=O)[C@@H](CC(C)C)N(C)C(=O)[C@@H]2CCC(C(=O)[C@@H](C)O)N2)[C@H](C)OC(=O)[C@H](Cc2ccc(OC)cc2)N(C)C(=O)[C@@H]2CCCN2C(=O)[C@@H](CC(C)C)NC(=O)[C@@H](C)C(=O)[C@@H](C(C)C)OC(=O)C[C@H]1O. The normalized spacial score (nSPS) is 28.6. The number of cyclic esters (lactones) is 2. The van der Waals surface area contributed by atoms with Gasteiger partial charge in [0.25, 0.3) is 0 Å². The van der Waals surface area contributed by atoms with Crippen LogP contribution in [0, 0.1) is 29.6 Å². The minimum Gasteiger partial charge on any atom is -0.497 e. The standard InChI is InChI=1S/C57H89N7O15/c1-15-32(8)46-44(66)28-45(67)79-50(31(6)7)48(68)33(9)51(70)59-40(25-29(2)3)55(74)64-24-16-17-41(64)56(75)63(13)43(27-36-18-20-37(77-14)21-19-36)57(76)78-35(11)47(53(72)60-46)61-52(71)42(26-30(4)5)62(12)54(73)39-23-22-38(58-39)49(69)34(10)65/h18-21,29-35,38-44,46-47,50,58,65-66H,15-17,22-28H2,1-14H3,(H,59,70)(H,60,72)(H,61,71)/t32-,33-,34+,35-,38?,39-,40+,41-,42+,43-,44+,46+,47-,50+/m0/s1. The number of nitrogens with one attached hydrogen (secondary N) is 4. The Morgan fingerprint density at radius 3 is 2.06 bits per heavy atom. The van der Waals surface area contributed by atoms with Crippen LogP contribution in [0.5, 0.6) is 5.75 Å². The maximum atomic E-state index is 15.0. The van der Waals surface area contributed by atoms with E-state index >= 15 is 0 Å². The van der Waals surface area contributed by atoms with Crippen molar-refractivity contribution in [2.45, 2.75) is 207 Å². The zero-order valence-electron chi connectivity index (χ0n) is 48.7. The van der Waals surface area contributed by atoms with Crippen LogP contribution in [-0.2, 0) is 63.8 Å². The Kier molecular flexibility index (Phi) is 24.4. The topological polar surface area (TPSA) is 297 Å². The summed E-state index contributed by atoms with van der Waals surface area (Å²) in [7, 11) is 4.31. The highest BCUT2D eigenvalue weighted by atomic mass is 16.6. The van der Waals surface area contributed by atoms with Crippen molar-refractivity contribution in [3.63, 3.8) is 0 Å². The summed E-state index contributed by atoms with van der Waals surface area (Å²) < 4.78 is 17.2. The molecule has 1 unspecified atom stereocenters. The summed E-state index contributed by atoms with van der Waals surface area (Å²) in [5.74, 6) is -9.99. The van der Waals surface area contributed by atoms with E-state index in [1.807, 2.05) is 27.7 Å². The fraction of sp³-hybridized carbons (Fsp3) is 0.719. The number of aliphatic hydroxyl groups excluding tert-OH is 2. The van der Waals surface area contributed by atoms with Crippen LogP contribution in [0.25, 0.3) is 0 Å². The summed E-state index contributed by atoms with van der Waals surface area (Å²) in [5.41, 5.74) is 0.573. The molecule has 22 nitrogen and oxygen atoms in total. The van der Waals surface area contributed by atoms with Gasteiger partial charge in [-0.25, -0.2) is 4.79 Å².